The van der Waals surface area contributed by atoms with Gasteiger partial charge >= 0.3 is 0 Å². The van der Waals surface area contributed by atoms with E-state index in [4.69, 9.17) is 0 Å². The maximum absolute atomic E-state index is 4.43. The van der Waals surface area contributed by atoms with Gasteiger partial charge in [-0.2, -0.15) is 0 Å². The van der Waals surface area contributed by atoms with Gasteiger partial charge in [-0.05, 0) is 30.0 Å². The number of hydrogen-bond acceptors (Lipinski definition) is 2. The molecule has 0 rings (SSSR count). The van der Waals surface area contributed by atoms with Crippen LogP contribution in [0.15, 0.2) is 21.3 Å². The van der Waals surface area contributed by atoms with Crippen LogP contribution in [0.1, 0.15) is 41.5 Å². The highest BCUT2D eigenvalue weighted by atomic mass is 14.8. The highest BCUT2D eigenvalue weighted by Gasteiger charge is 2.20. The van der Waals surface area contributed by atoms with Crippen LogP contribution in [0.4, 0.5) is 0 Å². The van der Waals surface area contributed by atoms with E-state index in [1.165, 1.54) is 5.57 Å². The van der Waals surface area contributed by atoms with E-state index in [0.717, 1.165) is 11.4 Å². The molecule has 0 spiro atoms. The minimum absolute atomic E-state index is 0.394. The molecule has 0 saturated carbocycles. The van der Waals surface area contributed by atoms with Crippen LogP contribution in [-0.2, 0) is 0 Å². The highest BCUT2D eigenvalue weighted by Crippen LogP contribution is 2.26. The lowest BCUT2D eigenvalue weighted by atomic mass is 9.87. The molecule has 0 aliphatic carbocycles. The Labute approximate surface area is 101 Å². The summed E-state index contributed by atoms with van der Waals surface area (Å²) < 4.78 is 0. The van der Waals surface area contributed by atoms with E-state index >= 15 is 0 Å². The Kier molecular flexibility index (Phi) is 6.24. The van der Waals surface area contributed by atoms with Crippen molar-refractivity contribution in [2.24, 2.45) is 27.7 Å². The molecule has 0 aliphatic heterocycles. The Bertz CT molecular complexity index is 294. The van der Waals surface area contributed by atoms with Crippen LogP contribution in [0, 0.1) is 17.8 Å². The predicted molar refractivity (Wildman–Crippen MR) is 74.4 cm³/mol. The Morgan fingerprint density at radius 1 is 0.875 bits per heavy atom. The van der Waals surface area contributed by atoms with Crippen molar-refractivity contribution < 1.29 is 0 Å². The van der Waals surface area contributed by atoms with Gasteiger partial charge in [0.2, 0.25) is 0 Å². The third kappa shape index (κ3) is 3.58. The van der Waals surface area contributed by atoms with E-state index in [0.29, 0.717) is 17.8 Å². The average Bonchev–Trinajstić information content (AvgIpc) is 2.16. The van der Waals surface area contributed by atoms with Gasteiger partial charge in [-0.1, -0.05) is 41.5 Å². The van der Waals surface area contributed by atoms with Crippen molar-refractivity contribution in [2.45, 2.75) is 41.5 Å². The summed E-state index contributed by atoms with van der Waals surface area (Å²) in [6.45, 7) is 16.7. The van der Waals surface area contributed by atoms with Gasteiger partial charge < -0.3 is 0 Å². The number of hydrogen-bond donors (Lipinski definition) is 0. The quantitative estimate of drug-likeness (QED) is 0.629. The Hall–Kier alpha value is -0.920. The van der Waals surface area contributed by atoms with Crippen molar-refractivity contribution >= 4 is 12.4 Å². The maximum atomic E-state index is 4.43. The van der Waals surface area contributed by atoms with Crippen molar-refractivity contribution in [2.75, 3.05) is 7.05 Å². The molecule has 0 aromatic rings. The maximum Gasteiger partial charge on any atom is 0.0474 e. The largest absolute Gasteiger partial charge is 0.292 e. The van der Waals surface area contributed by atoms with Gasteiger partial charge in [-0.3, -0.25) is 9.98 Å². The smallest absolute Gasteiger partial charge is 0.0474 e. The number of rotatable bonds is 5. The zero-order valence-corrected chi connectivity index (χ0v) is 11.8. The summed E-state index contributed by atoms with van der Waals surface area (Å²) in [5.74, 6) is 1.26. The summed E-state index contributed by atoms with van der Waals surface area (Å²) >= 11 is 0. The van der Waals surface area contributed by atoms with Crippen LogP contribution in [0.3, 0.4) is 0 Å². The minimum atomic E-state index is 0.394. The Balaban J connectivity index is 5.70. The van der Waals surface area contributed by atoms with E-state index in [2.05, 4.69) is 58.2 Å². The summed E-state index contributed by atoms with van der Waals surface area (Å²) in [4.78, 5) is 8.64. The van der Waals surface area contributed by atoms with Crippen LogP contribution < -0.4 is 0 Å². The molecule has 0 fully saturated rings. The Morgan fingerprint density at radius 2 is 1.38 bits per heavy atom. The molecule has 2 nitrogen and oxygen atoms in total. The summed E-state index contributed by atoms with van der Waals surface area (Å²) in [6.07, 6.45) is 0. The van der Waals surface area contributed by atoms with Gasteiger partial charge in [-0.25, -0.2) is 0 Å². The van der Waals surface area contributed by atoms with Gasteiger partial charge in [0.15, 0.2) is 0 Å². The van der Waals surface area contributed by atoms with Crippen LogP contribution >= 0.6 is 0 Å². The molecular weight excluding hydrogens is 196 g/mol. The predicted octanol–water partition coefficient (Wildman–Crippen LogP) is 3.98. The van der Waals surface area contributed by atoms with Gasteiger partial charge in [-0.15, -0.1) is 0 Å². The summed E-state index contributed by atoms with van der Waals surface area (Å²) in [5, 5.41) is 0. The molecule has 0 aromatic heterocycles. The first-order chi connectivity index (χ1) is 7.36. The summed E-state index contributed by atoms with van der Waals surface area (Å²) in [5.41, 5.74) is 3.51. The lowest BCUT2D eigenvalue weighted by Crippen LogP contribution is -2.18. The van der Waals surface area contributed by atoms with Crippen LogP contribution in [0.5, 0.6) is 0 Å². The van der Waals surface area contributed by atoms with E-state index in [9.17, 15) is 0 Å². The monoisotopic (exact) mass is 222 g/mol. The van der Waals surface area contributed by atoms with Crippen LogP contribution in [-0.4, -0.2) is 19.5 Å². The molecule has 2 heteroatoms. The number of allylic oxidation sites excluding steroid dienone is 2. The first-order valence-corrected chi connectivity index (χ1v) is 6.04. The second-order valence-electron chi connectivity index (χ2n) is 5.03. The fourth-order valence-corrected chi connectivity index (χ4v) is 1.99. The molecule has 0 heterocycles. The molecule has 16 heavy (non-hydrogen) atoms. The van der Waals surface area contributed by atoms with Crippen molar-refractivity contribution in [3.8, 4) is 0 Å². The molecule has 0 bridgehead atoms. The van der Waals surface area contributed by atoms with Crippen LogP contribution in [0.2, 0.25) is 0 Å². The molecule has 0 aliphatic rings. The summed E-state index contributed by atoms with van der Waals surface area (Å²) in [6, 6.07) is 0. The van der Waals surface area contributed by atoms with Crippen molar-refractivity contribution in [1.82, 2.24) is 0 Å². The molecule has 0 atom stereocenters. The molecule has 0 N–H and O–H groups in total. The van der Waals surface area contributed by atoms with Crippen molar-refractivity contribution in [3.63, 3.8) is 0 Å². The number of nitrogens with zero attached hydrogens (tertiary/aromatic N) is 2. The lowest BCUT2D eigenvalue weighted by molar-refractivity contribution is 0.696. The van der Waals surface area contributed by atoms with Crippen molar-refractivity contribution in [3.05, 3.63) is 11.3 Å². The average molecular weight is 222 g/mol. The normalized spacial score (nSPS) is 14.8. The minimum Gasteiger partial charge on any atom is -0.292 e. The molecule has 92 valence electrons. The fraction of sp³-hybridized carbons (Fsp3) is 0.714. The van der Waals surface area contributed by atoms with Crippen molar-refractivity contribution in [1.29, 1.82) is 0 Å². The molecular formula is C14H26N2. The summed E-state index contributed by atoms with van der Waals surface area (Å²) in [7, 11) is 1.86. The van der Waals surface area contributed by atoms with E-state index in [-0.39, 0.29) is 0 Å². The molecule has 0 saturated heterocycles. The molecule has 0 radical (unpaired) electrons. The second-order valence-corrected chi connectivity index (χ2v) is 5.03. The van der Waals surface area contributed by atoms with Gasteiger partial charge in [0.1, 0.15) is 0 Å². The lowest BCUT2D eigenvalue weighted by Gasteiger charge is -2.22. The zero-order valence-electron chi connectivity index (χ0n) is 11.8. The number of aliphatic imine (C=N–C) groups is 2. The van der Waals surface area contributed by atoms with Gasteiger partial charge in [0.25, 0.3) is 0 Å². The molecule has 0 unspecified atom stereocenters. The van der Waals surface area contributed by atoms with E-state index in [1.54, 1.807) is 0 Å². The van der Waals surface area contributed by atoms with Gasteiger partial charge in [0.05, 0.1) is 0 Å². The fourth-order valence-electron chi connectivity index (χ4n) is 1.99. The first-order valence-electron chi connectivity index (χ1n) is 6.04. The SMILES string of the molecule is C=N/C(=C(\C(=N/C)C(C)C)C(C)C)C(C)C. The van der Waals surface area contributed by atoms with E-state index in [1.807, 2.05) is 7.05 Å². The Morgan fingerprint density at radius 3 is 1.56 bits per heavy atom. The zero-order chi connectivity index (χ0) is 12.9. The molecule has 0 aromatic carbocycles. The standard InChI is InChI=1S/C14H26N2/c1-9(2)12(13(15-7)10(3)4)14(16-8)11(5)6/h9-11H,7H2,1-6,8H3/b13-12-,16-14-. The topological polar surface area (TPSA) is 24.7 Å². The highest BCUT2D eigenvalue weighted by molar-refractivity contribution is 6.02. The third-order valence-electron chi connectivity index (χ3n) is 2.63. The van der Waals surface area contributed by atoms with Gasteiger partial charge in [0, 0.05) is 18.5 Å². The first kappa shape index (κ1) is 15.1. The molecule has 0 amide bonds. The van der Waals surface area contributed by atoms with Crippen LogP contribution in [0.25, 0.3) is 0 Å². The second kappa shape index (κ2) is 6.62. The van der Waals surface area contributed by atoms with E-state index < -0.39 is 0 Å². The third-order valence-corrected chi connectivity index (χ3v) is 2.63.